The minimum Gasteiger partial charge on any atom is -0.322 e. The number of anilines is 1. The molecule has 1 fully saturated rings. The molecule has 0 aliphatic carbocycles. The quantitative estimate of drug-likeness (QED) is 0.311. The van der Waals surface area contributed by atoms with Gasteiger partial charge in [0.05, 0.1) is 16.1 Å². The zero-order valence-electron chi connectivity index (χ0n) is 13.8. The molecule has 0 spiro atoms. The Morgan fingerprint density at radius 1 is 1.11 bits per heavy atom. The number of nitro groups is 1. The van der Waals surface area contributed by atoms with E-state index in [1.165, 1.54) is 23.2 Å². The SMILES string of the molecule is O=C1C(Cl)C(c2ccc([N+](=O)[O-])cc2)N1Nc1cc(=O)[nH]c2ccccc12. The van der Waals surface area contributed by atoms with Gasteiger partial charge in [0.25, 0.3) is 17.2 Å². The summed E-state index contributed by atoms with van der Waals surface area (Å²) in [6, 6.07) is 13.9. The fourth-order valence-corrected chi connectivity index (χ4v) is 3.48. The molecule has 1 aromatic heterocycles. The zero-order chi connectivity index (χ0) is 19.1. The number of benzene rings is 2. The summed E-state index contributed by atoms with van der Waals surface area (Å²) >= 11 is 6.18. The van der Waals surface area contributed by atoms with Crippen LogP contribution in [0.5, 0.6) is 0 Å². The first-order valence-electron chi connectivity index (χ1n) is 8.06. The number of hydrogen-bond donors (Lipinski definition) is 2. The number of aromatic amines is 1. The van der Waals surface area contributed by atoms with E-state index in [2.05, 4.69) is 10.4 Å². The monoisotopic (exact) mass is 384 g/mol. The van der Waals surface area contributed by atoms with Crippen molar-refractivity contribution in [1.29, 1.82) is 0 Å². The Labute approximate surface area is 157 Å². The average Bonchev–Trinajstić information content (AvgIpc) is 2.67. The van der Waals surface area contributed by atoms with Crippen molar-refractivity contribution in [2.75, 3.05) is 5.43 Å². The molecular formula is C18H13ClN4O4. The number of carbonyl (C=O) groups is 1. The van der Waals surface area contributed by atoms with E-state index in [0.29, 0.717) is 16.8 Å². The minimum atomic E-state index is -0.799. The number of aromatic nitrogens is 1. The molecule has 2 aromatic carbocycles. The lowest BCUT2D eigenvalue weighted by Crippen LogP contribution is -2.58. The number of hydrazine groups is 1. The third kappa shape index (κ3) is 2.89. The van der Waals surface area contributed by atoms with Crippen LogP contribution >= 0.6 is 11.6 Å². The number of nitrogens with one attached hydrogen (secondary N) is 2. The van der Waals surface area contributed by atoms with Crippen LogP contribution in [0.2, 0.25) is 0 Å². The zero-order valence-corrected chi connectivity index (χ0v) is 14.5. The van der Waals surface area contributed by atoms with Crippen molar-refractivity contribution >= 4 is 39.8 Å². The summed E-state index contributed by atoms with van der Waals surface area (Å²) in [5.41, 5.74) is 4.38. The van der Waals surface area contributed by atoms with Crippen LogP contribution in [0.4, 0.5) is 11.4 Å². The summed E-state index contributed by atoms with van der Waals surface area (Å²) in [5.74, 6) is -0.343. The van der Waals surface area contributed by atoms with E-state index in [1.54, 1.807) is 24.3 Å². The van der Waals surface area contributed by atoms with Crippen molar-refractivity contribution in [3.63, 3.8) is 0 Å². The van der Waals surface area contributed by atoms with Gasteiger partial charge in [0.15, 0.2) is 0 Å². The summed E-state index contributed by atoms with van der Waals surface area (Å²) in [7, 11) is 0. The predicted octanol–water partition coefficient (Wildman–Crippen LogP) is 2.95. The van der Waals surface area contributed by atoms with Crippen LogP contribution in [0.3, 0.4) is 0 Å². The van der Waals surface area contributed by atoms with Crippen molar-refractivity contribution < 1.29 is 9.72 Å². The van der Waals surface area contributed by atoms with E-state index in [4.69, 9.17) is 11.6 Å². The number of pyridine rings is 1. The van der Waals surface area contributed by atoms with Gasteiger partial charge in [-0.15, -0.1) is 11.6 Å². The molecule has 4 rings (SSSR count). The van der Waals surface area contributed by atoms with Gasteiger partial charge < -0.3 is 4.98 Å². The molecule has 9 heteroatoms. The molecule has 0 saturated carbocycles. The lowest BCUT2D eigenvalue weighted by Gasteiger charge is -2.44. The van der Waals surface area contributed by atoms with Gasteiger partial charge in [0.2, 0.25) is 0 Å². The summed E-state index contributed by atoms with van der Waals surface area (Å²) in [5, 5.41) is 12.1. The second-order valence-corrected chi connectivity index (χ2v) is 6.58. The van der Waals surface area contributed by atoms with Gasteiger partial charge in [-0.05, 0) is 23.8 Å². The third-order valence-electron chi connectivity index (χ3n) is 4.47. The van der Waals surface area contributed by atoms with Gasteiger partial charge in [-0.2, -0.15) is 0 Å². The molecule has 1 aliphatic heterocycles. The number of β-lactam (4-membered cyclic amide) rings is 1. The van der Waals surface area contributed by atoms with E-state index in [0.717, 1.165) is 5.39 Å². The number of alkyl halides is 1. The second-order valence-electron chi connectivity index (χ2n) is 6.11. The normalized spacial score (nSPS) is 19.0. The number of nitrogens with zero attached hydrogens (tertiary/aromatic N) is 2. The number of nitro benzene ring substituents is 1. The Kier molecular flexibility index (Phi) is 4.04. The fourth-order valence-electron chi connectivity index (χ4n) is 3.12. The number of carbonyl (C=O) groups excluding carboxylic acids is 1. The molecule has 136 valence electrons. The first-order valence-corrected chi connectivity index (χ1v) is 8.49. The van der Waals surface area contributed by atoms with E-state index in [1.807, 2.05) is 12.1 Å². The van der Waals surface area contributed by atoms with Crippen molar-refractivity contribution in [2.24, 2.45) is 0 Å². The number of halogens is 1. The van der Waals surface area contributed by atoms with Crippen LogP contribution < -0.4 is 11.0 Å². The molecule has 1 amide bonds. The largest absolute Gasteiger partial charge is 0.322 e. The number of para-hydroxylation sites is 1. The number of fused-ring (bicyclic) bond motifs is 1. The van der Waals surface area contributed by atoms with Gasteiger partial charge in [-0.25, -0.2) is 5.01 Å². The molecule has 2 heterocycles. The minimum absolute atomic E-state index is 0.0457. The number of hydrogen-bond acceptors (Lipinski definition) is 5. The van der Waals surface area contributed by atoms with E-state index < -0.39 is 16.3 Å². The van der Waals surface area contributed by atoms with Crippen LogP contribution in [0, 0.1) is 10.1 Å². The average molecular weight is 385 g/mol. The van der Waals surface area contributed by atoms with Crippen LogP contribution in [-0.4, -0.2) is 26.2 Å². The van der Waals surface area contributed by atoms with Gasteiger partial charge in [-0.3, -0.25) is 25.1 Å². The lowest BCUT2D eigenvalue weighted by atomic mass is 9.95. The number of rotatable bonds is 4. The Morgan fingerprint density at radius 2 is 1.81 bits per heavy atom. The molecule has 2 N–H and O–H groups in total. The van der Waals surface area contributed by atoms with E-state index in [-0.39, 0.29) is 17.2 Å². The lowest BCUT2D eigenvalue weighted by molar-refractivity contribution is -0.384. The summed E-state index contributed by atoms with van der Waals surface area (Å²) in [6.45, 7) is 0. The smallest absolute Gasteiger partial charge is 0.269 e. The van der Waals surface area contributed by atoms with Crippen LogP contribution in [0.1, 0.15) is 11.6 Å². The molecule has 2 atom stereocenters. The molecule has 2 unspecified atom stereocenters. The molecule has 1 saturated heterocycles. The van der Waals surface area contributed by atoms with Gasteiger partial charge in [0, 0.05) is 23.6 Å². The highest BCUT2D eigenvalue weighted by Gasteiger charge is 2.48. The fraction of sp³-hybridized carbons (Fsp3) is 0.111. The van der Waals surface area contributed by atoms with Crippen molar-refractivity contribution in [3.8, 4) is 0 Å². The maximum Gasteiger partial charge on any atom is 0.269 e. The van der Waals surface area contributed by atoms with Crippen molar-refractivity contribution in [1.82, 2.24) is 9.99 Å². The second kappa shape index (κ2) is 6.40. The Morgan fingerprint density at radius 3 is 2.52 bits per heavy atom. The summed E-state index contributed by atoms with van der Waals surface area (Å²) in [4.78, 5) is 37.2. The summed E-state index contributed by atoms with van der Waals surface area (Å²) < 4.78 is 0. The van der Waals surface area contributed by atoms with Crippen LogP contribution in [0.25, 0.3) is 10.9 Å². The molecule has 0 radical (unpaired) electrons. The molecule has 8 nitrogen and oxygen atoms in total. The predicted molar refractivity (Wildman–Crippen MR) is 101 cm³/mol. The number of non-ortho nitro benzene ring substituents is 1. The molecule has 1 aliphatic rings. The van der Waals surface area contributed by atoms with Crippen LogP contribution in [-0.2, 0) is 4.79 Å². The molecule has 27 heavy (non-hydrogen) atoms. The molecule has 3 aromatic rings. The van der Waals surface area contributed by atoms with Crippen LogP contribution in [0.15, 0.2) is 59.4 Å². The Bertz CT molecular complexity index is 1110. The molecular weight excluding hydrogens is 372 g/mol. The maximum atomic E-state index is 12.3. The Hall–Kier alpha value is -3.39. The highest BCUT2D eigenvalue weighted by Crippen LogP contribution is 2.39. The standard InChI is InChI=1S/C18H13ClN4O4/c19-16-17(10-5-7-11(8-6-10)23(26)27)22(18(16)25)21-14-9-15(24)20-13-4-2-1-3-12(13)14/h1-9,16-17H,(H2,20,21,24). The number of H-pyrrole nitrogens is 1. The van der Waals surface area contributed by atoms with E-state index >= 15 is 0 Å². The Balaban J connectivity index is 1.68. The van der Waals surface area contributed by atoms with Gasteiger partial charge in [0.1, 0.15) is 11.4 Å². The third-order valence-corrected chi connectivity index (χ3v) is 4.89. The van der Waals surface area contributed by atoms with E-state index in [9.17, 15) is 19.7 Å². The first kappa shape index (κ1) is 17.0. The topological polar surface area (TPSA) is 108 Å². The molecule has 0 bridgehead atoms. The maximum absolute atomic E-state index is 12.3. The van der Waals surface area contributed by atoms with Crippen molar-refractivity contribution in [2.45, 2.75) is 11.4 Å². The van der Waals surface area contributed by atoms with Gasteiger partial charge >= 0.3 is 0 Å². The highest BCUT2D eigenvalue weighted by atomic mass is 35.5. The first-order chi connectivity index (χ1) is 13.0. The van der Waals surface area contributed by atoms with Gasteiger partial charge in [-0.1, -0.05) is 18.2 Å². The summed E-state index contributed by atoms with van der Waals surface area (Å²) in [6.07, 6.45) is 0. The van der Waals surface area contributed by atoms with Crippen molar-refractivity contribution in [3.05, 3.63) is 80.6 Å². The number of amides is 1. The highest BCUT2D eigenvalue weighted by molar-refractivity contribution is 6.33.